The molecule has 1 N–H and O–H groups in total. The van der Waals surface area contributed by atoms with E-state index in [1.54, 1.807) is 6.92 Å². The zero-order valence-corrected chi connectivity index (χ0v) is 11.4. The Labute approximate surface area is 116 Å². The molecule has 0 aliphatic heterocycles. The first-order valence-corrected chi connectivity index (χ1v) is 6.34. The van der Waals surface area contributed by atoms with Gasteiger partial charge in [0, 0.05) is 6.42 Å². The summed E-state index contributed by atoms with van der Waals surface area (Å²) >= 11 is 0. The van der Waals surface area contributed by atoms with E-state index in [-0.39, 0.29) is 25.4 Å². The van der Waals surface area contributed by atoms with E-state index >= 15 is 0 Å². The Bertz CT molecular complexity index is 491. The quantitative estimate of drug-likeness (QED) is 0.813. The molecule has 1 unspecified atom stereocenters. The molecule has 20 heavy (non-hydrogen) atoms. The number of benzene rings is 1. The van der Waals surface area contributed by atoms with Crippen LogP contribution in [0, 0.1) is 11.6 Å². The van der Waals surface area contributed by atoms with Gasteiger partial charge in [-0.05, 0) is 38.0 Å². The van der Waals surface area contributed by atoms with Gasteiger partial charge in [0.25, 0.3) is 0 Å². The molecular weight excluding hydrogens is 268 g/mol. The second-order valence-corrected chi connectivity index (χ2v) is 4.29. The molecular formula is C14H17F2NO3. The Balaban J connectivity index is 2.43. The number of amides is 1. The van der Waals surface area contributed by atoms with E-state index in [9.17, 15) is 18.4 Å². The number of nitrogens with one attached hydrogen (secondary N) is 1. The third kappa shape index (κ3) is 4.95. The highest BCUT2D eigenvalue weighted by Gasteiger charge is 2.16. The summed E-state index contributed by atoms with van der Waals surface area (Å²) in [7, 11) is 0. The summed E-state index contributed by atoms with van der Waals surface area (Å²) in [6.07, 6.45) is 0.341. The normalized spacial score (nSPS) is 11.8. The molecule has 0 saturated carbocycles. The van der Waals surface area contributed by atoms with Crippen LogP contribution in [-0.2, 0) is 20.7 Å². The van der Waals surface area contributed by atoms with Gasteiger partial charge in [-0.15, -0.1) is 0 Å². The lowest BCUT2D eigenvalue weighted by atomic mass is 10.1. The van der Waals surface area contributed by atoms with Crippen molar-refractivity contribution in [2.75, 3.05) is 6.61 Å². The van der Waals surface area contributed by atoms with Crippen LogP contribution in [0.4, 0.5) is 8.78 Å². The van der Waals surface area contributed by atoms with Crippen molar-refractivity contribution < 1.29 is 23.1 Å². The molecule has 4 nitrogen and oxygen atoms in total. The summed E-state index contributed by atoms with van der Waals surface area (Å²) in [6.45, 7) is 3.44. The number of carbonyl (C=O) groups is 2. The number of halogens is 2. The number of aryl methyl sites for hydroxylation is 1. The van der Waals surface area contributed by atoms with Gasteiger partial charge < -0.3 is 10.1 Å². The molecule has 0 heterocycles. The van der Waals surface area contributed by atoms with Crippen LogP contribution in [0.15, 0.2) is 18.2 Å². The maximum absolute atomic E-state index is 13.0. The van der Waals surface area contributed by atoms with Gasteiger partial charge >= 0.3 is 5.97 Å². The van der Waals surface area contributed by atoms with Gasteiger partial charge in [-0.3, -0.25) is 4.79 Å². The molecule has 110 valence electrons. The third-order valence-electron chi connectivity index (χ3n) is 2.64. The Hall–Kier alpha value is -1.98. The van der Waals surface area contributed by atoms with Gasteiger partial charge in [0.05, 0.1) is 6.61 Å². The Morgan fingerprint density at radius 1 is 1.30 bits per heavy atom. The molecule has 1 amide bonds. The number of esters is 1. The van der Waals surface area contributed by atoms with Gasteiger partial charge in [0.15, 0.2) is 11.6 Å². The van der Waals surface area contributed by atoms with Crippen LogP contribution < -0.4 is 5.32 Å². The molecule has 0 bridgehead atoms. The summed E-state index contributed by atoms with van der Waals surface area (Å²) in [5, 5.41) is 2.48. The SMILES string of the molecule is CCOC(=O)C(C)NC(=O)CCc1ccc(F)c(F)c1. The fourth-order valence-corrected chi connectivity index (χ4v) is 1.59. The largest absolute Gasteiger partial charge is 0.464 e. The van der Waals surface area contributed by atoms with Crippen molar-refractivity contribution in [3.63, 3.8) is 0 Å². The van der Waals surface area contributed by atoms with E-state index in [0.717, 1.165) is 12.1 Å². The van der Waals surface area contributed by atoms with Gasteiger partial charge in [0.2, 0.25) is 5.91 Å². The number of ether oxygens (including phenoxy) is 1. The number of rotatable bonds is 6. The molecule has 1 aromatic rings. The van der Waals surface area contributed by atoms with E-state index in [4.69, 9.17) is 4.74 Å². The van der Waals surface area contributed by atoms with Gasteiger partial charge in [0.1, 0.15) is 6.04 Å². The average molecular weight is 285 g/mol. The van der Waals surface area contributed by atoms with E-state index in [2.05, 4.69) is 5.32 Å². The smallest absolute Gasteiger partial charge is 0.328 e. The highest BCUT2D eigenvalue weighted by molar-refractivity contribution is 5.84. The fraction of sp³-hybridized carbons (Fsp3) is 0.429. The van der Waals surface area contributed by atoms with Crippen LogP contribution in [0.2, 0.25) is 0 Å². The average Bonchev–Trinajstić information content (AvgIpc) is 2.40. The predicted octanol–water partition coefficient (Wildman–Crippen LogP) is 1.97. The molecule has 1 aromatic carbocycles. The maximum atomic E-state index is 13.0. The molecule has 1 atom stereocenters. The lowest BCUT2D eigenvalue weighted by Crippen LogP contribution is -2.39. The lowest BCUT2D eigenvalue weighted by Gasteiger charge is -2.12. The van der Waals surface area contributed by atoms with Crippen molar-refractivity contribution in [2.24, 2.45) is 0 Å². The van der Waals surface area contributed by atoms with Crippen molar-refractivity contribution in [1.29, 1.82) is 0 Å². The summed E-state index contributed by atoms with van der Waals surface area (Å²) < 4.78 is 30.4. The van der Waals surface area contributed by atoms with Crippen molar-refractivity contribution in [2.45, 2.75) is 32.7 Å². The topological polar surface area (TPSA) is 55.4 Å². The fourth-order valence-electron chi connectivity index (χ4n) is 1.59. The van der Waals surface area contributed by atoms with Crippen LogP contribution in [0.3, 0.4) is 0 Å². The van der Waals surface area contributed by atoms with Crippen LogP contribution in [0.25, 0.3) is 0 Å². The highest BCUT2D eigenvalue weighted by atomic mass is 19.2. The first-order chi connectivity index (χ1) is 9.43. The van der Waals surface area contributed by atoms with Crippen molar-refractivity contribution in [3.8, 4) is 0 Å². The minimum absolute atomic E-state index is 0.0782. The molecule has 0 radical (unpaired) electrons. The molecule has 0 aliphatic carbocycles. The number of hydrogen-bond acceptors (Lipinski definition) is 3. The minimum Gasteiger partial charge on any atom is -0.464 e. The monoisotopic (exact) mass is 285 g/mol. The molecule has 0 spiro atoms. The Morgan fingerprint density at radius 2 is 2.00 bits per heavy atom. The lowest BCUT2D eigenvalue weighted by molar-refractivity contribution is -0.146. The standard InChI is InChI=1S/C14H17F2NO3/c1-3-20-14(19)9(2)17-13(18)7-5-10-4-6-11(15)12(16)8-10/h4,6,8-9H,3,5,7H2,1-2H3,(H,17,18). The van der Waals surface area contributed by atoms with E-state index in [1.807, 2.05) is 0 Å². The van der Waals surface area contributed by atoms with Crippen molar-refractivity contribution in [1.82, 2.24) is 5.32 Å². The zero-order chi connectivity index (χ0) is 15.1. The highest BCUT2D eigenvalue weighted by Crippen LogP contribution is 2.10. The van der Waals surface area contributed by atoms with Gasteiger partial charge in [-0.2, -0.15) is 0 Å². The number of carbonyl (C=O) groups excluding carboxylic acids is 2. The van der Waals surface area contributed by atoms with Crippen molar-refractivity contribution in [3.05, 3.63) is 35.4 Å². The van der Waals surface area contributed by atoms with Gasteiger partial charge in [-0.25, -0.2) is 13.6 Å². The number of hydrogen-bond donors (Lipinski definition) is 1. The summed E-state index contributed by atoms with van der Waals surface area (Å²) in [5.74, 6) is -2.72. The first-order valence-electron chi connectivity index (χ1n) is 6.34. The van der Waals surface area contributed by atoms with Crippen molar-refractivity contribution >= 4 is 11.9 Å². The summed E-state index contributed by atoms with van der Waals surface area (Å²) in [5.41, 5.74) is 0.517. The van der Waals surface area contributed by atoms with Gasteiger partial charge in [-0.1, -0.05) is 6.07 Å². The van der Waals surface area contributed by atoms with E-state index in [0.29, 0.717) is 5.56 Å². The Morgan fingerprint density at radius 3 is 2.60 bits per heavy atom. The Kier molecular flexibility index (Phi) is 6.09. The molecule has 6 heteroatoms. The van der Waals surface area contributed by atoms with Crippen LogP contribution in [0.1, 0.15) is 25.8 Å². The van der Waals surface area contributed by atoms with Crippen LogP contribution >= 0.6 is 0 Å². The third-order valence-corrected chi connectivity index (χ3v) is 2.64. The second-order valence-electron chi connectivity index (χ2n) is 4.29. The minimum atomic E-state index is -0.942. The molecule has 0 aromatic heterocycles. The molecule has 0 fully saturated rings. The predicted molar refractivity (Wildman–Crippen MR) is 68.9 cm³/mol. The van der Waals surface area contributed by atoms with Crippen LogP contribution in [0.5, 0.6) is 0 Å². The van der Waals surface area contributed by atoms with E-state index in [1.165, 1.54) is 13.0 Å². The first kappa shape index (κ1) is 16.1. The second kappa shape index (κ2) is 7.57. The molecule has 0 saturated heterocycles. The van der Waals surface area contributed by atoms with E-state index < -0.39 is 23.6 Å². The summed E-state index contributed by atoms with van der Waals surface area (Å²) in [6, 6.07) is 2.76. The summed E-state index contributed by atoms with van der Waals surface area (Å²) in [4.78, 5) is 22.9. The van der Waals surface area contributed by atoms with Crippen LogP contribution in [-0.4, -0.2) is 24.5 Å². The molecule has 1 rings (SSSR count). The zero-order valence-electron chi connectivity index (χ0n) is 11.4. The molecule has 0 aliphatic rings. The maximum Gasteiger partial charge on any atom is 0.328 e.